The maximum absolute atomic E-state index is 11.8. The smallest absolute Gasteiger partial charge is 0.338 e. The molecule has 2 N–H and O–H groups in total. The highest BCUT2D eigenvalue weighted by atomic mass is 32.2. The Labute approximate surface area is 139 Å². The minimum absolute atomic E-state index is 0.0166. The van der Waals surface area contributed by atoms with E-state index in [4.69, 9.17) is 9.88 Å². The van der Waals surface area contributed by atoms with Crippen molar-refractivity contribution in [1.82, 2.24) is 0 Å². The summed E-state index contributed by atoms with van der Waals surface area (Å²) in [6.07, 6.45) is 9.48. The van der Waals surface area contributed by atoms with Crippen LogP contribution in [0.1, 0.15) is 68.6 Å². The van der Waals surface area contributed by atoms with Gasteiger partial charge in [0.25, 0.3) is 0 Å². The number of rotatable bonds is 11. The monoisotopic (exact) mass is 341 g/mol. The van der Waals surface area contributed by atoms with Crippen LogP contribution in [0.25, 0.3) is 0 Å². The van der Waals surface area contributed by atoms with Crippen molar-refractivity contribution in [1.29, 1.82) is 0 Å². The van der Waals surface area contributed by atoms with Gasteiger partial charge in [-0.25, -0.2) is 18.4 Å². The molecule has 0 aromatic heterocycles. The third-order valence-electron chi connectivity index (χ3n) is 3.65. The van der Waals surface area contributed by atoms with Crippen molar-refractivity contribution in [3.8, 4) is 0 Å². The SMILES string of the molecule is CCCCCCCCCCOC(=O)c1ccc(S(N)(=O)=O)cc1. The Kier molecular flexibility index (Phi) is 8.87. The van der Waals surface area contributed by atoms with E-state index in [9.17, 15) is 13.2 Å². The summed E-state index contributed by atoms with van der Waals surface area (Å²) in [5.41, 5.74) is 0.331. The minimum Gasteiger partial charge on any atom is -0.462 e. The quantitative estimate of drug-likeness (QED) is 0.492. The molecule has 23 heavy (non-hydrogen) atoms. The number of carbonyl (C=O) groups excluding carboxylic acids is 1. The lowest BCUT2D eigenvalue weighted by Gasteiger charge is -2.06. The maximum Gasteiger partial charge on any atom is 0.338 e. The summed E-state index contributed by atoms with van der Waals surface area (Å²) in [6.45, 7) is 2.60. The number of benzene rings is 1. The van der Waals surface area contributed by atoms with Crippen LogP contribution in [0.3, 0.4) is 0 Å². The van der Waals surface area contributed by atoms with Gasteiger partial charge >= 0.3 is 5.97 Å². The topological polar surface area (TPSA) is 86.5 Å². The van der Waals surface area contributed by atoms with Gasteiger partial charge in [0.2, 0.25) is 10.0 Å². The molecule has 1 aromatic rings. The zero-order valence-electron chi connectivity index (χ0n) is 13.8. The predicted octanol–water partition coefficient (Wildman–Crippen LogP) is 3.63. The first-order valence-electron chi connectivity index (χ1n) is 8.25. The van der Waals surface area contributed by atoms with Crippen molar-refractivity contribution in [2.24, 2.45) is 5.14 Å². The molecular weight excluding hydrogens is 314 g/mol. The van der Waals surface area contributed by atoms with E-state index in [1.807, 2.05) is 0 Å². The van der Waals surface area contributed by atoms with Crippen LogP contribution >= 0.6 is 0 Å². The largest absolute Gasteiger partial charge is 0.462 e. The van der Waals surface area contributed by atoms with E-state index in [-0.39, 0.29) is 4.90 Å². The average molecular weight is 341 g/mol. The van der Waals surface area contributed by atoms with Crippen LogP contribution in [0, 0.1) is 0 Å². The van der Waals surface area contributed by atoms with Gasteiger partial charge in [-0.05, 0) is 30.7 Å². The van der Waals surface area contributed by atoms with Gasteiger partial charge < -0.3 is 4.74 Å². The molecule has 0 bridgehead atoms. The zero-order valence-corrected chi connectivity index (χ0v) is 14.6. The average Bonchev–Trinajstić information content (AvgIpc) is 2.52. The summed E-state index contributed by atoms with van der Waals surface area (Å²) >= 11 is 0. The van der Waals surface area contributed by atoms with Crippen molar-refractivity contribution in [2.45, 2.75) is 63.2 Å². The lowest BCUT2D eigenvalue weighted by molar-refractivity contribution is 0.0497. The highest BCUT2D eigenvalue weighted by Crippen LogP contribution is 2.11. The summed E-state index contributed by atoms with van der Waals surface area (Å²) in [6, 6.07) is 5.44. The van der Waals surface area contributed by atoms with E-state index in [1.165, 1.54) is 62.8 Å². The highest BCUT2D eigenvalue weighted by Gasteiger charge is 2.11. The maximum atomic E-state index is 11.8. The lowest BCUT2D eigenvalue weighted by Crippen LogP contribution is -2.12. The van der Waals surface area contributed by atoms with Gasteiger partial charge in [-0.2, -0.15) is 0 Å². The molecule has 130 valence electrons. The second kappa shape index (κ2) is 10.4. The van der Waals surface area contributed by atoms with Crippen LogP contribution < -0.4 is 5.14 Å². The highest BCUT2D eigenvalue weighted by molar-refractivity contribution is 7.89. The van der Waals surface area contributed by atoms with Crippen LogP contribution in [-0.4, -0.2) is 21.0 Å². The second-order valence-corrected chi connectivity index (χ2v) is 7.24. The third kappa shape index (κ3) is 8.13. The Hall–Kier alpha value is -1.40. The molecular formula is C17H27NO4S. The Morgan fingerprint density at radius 3 is 2.00 bits per heavy atom. The molecule has 0 aliphatic heterocycles. The molecule has 0 saturated carbocycles. The number of esters is 1. The van der Waals surface area contributed by atoms with Crippen LogP contribution in [-0.2, 0) is 14.8 Å². The first-order chi connectivity index (χ1) is 10.9. The Balaban J connectivity index is 2.19. The normalized spacial score (nSPS) is 11.4. The third-order valence-corrected chi connectivity index (χ3v) is 4.58. The van der Waals surface area contributed by atoms with Crippen molar-refractivity contribution in [2.75, 3.05) is 6.61 Å². The first kappa shape index (κ1) is 19.6. The molecule has 1 aromatic carbocycles. The fourth-order valence-corrected chi connectivity index (χ4v) is 2.78. The second-order valence-electron chi connectivity index (χ2n) is 5.68. The number of primary sulfonamides is 1. The molecule has 0 atom stereocenters. The van der Waals surface area contributed by atoms with Gasteiger partial charge in [0.1, 0.15) is 0 Å². The molecule has 0 saturated heterocycles. The molecule has 6 heteroatoms. The number of hydrogen-bond acceptors (Lipinski definition) is 4. The van der Waals surface area contributed by atoms with Crippen LogP contribution in [0.15, 0.2) is 29.2 Å². The number of hydrogen-bond donors (Lipinski definition) is 1. The molecule has 0 heterocycles. The number of nitrogens with two attached hydrogens (primary N) is 1. The summed E-state index contributed by atoms with van der Waals surface area (Å²) < 4.78 is 27.4. The molecule has 0 aliphatic rings. The van der Waals surface area contributed by atoms with Gasteiger partial charge in [0.05, 0.1) is 17.1 Å². The van der Waals surface area contributed by atoms with Crippen LogP contribution in [0.2, 0.25) is 0 Å². The predicted molar refractivity (Wildman–Crippen MR) is 90.7 cm³/mol. The lowest BCUT2D eigenvalue weighted by atomic mass is 10.1. The Morgan fingerprint density at radius 2 is 1.48 bits per heavy atom. The standard InChI is InChI=1S/C17H27NO4S/c1-2-3-4-5-6-7-8-9-14-22-17(19)15-10-12-16(13-11-15)23(18,20)21/h10-13H,2-9,14H2,1H3,(H2,18,20,21). The Bertz CT molecular complexity index is 567. The van der Waals surface area contributed by atoms with Gasteiger partial charge in [-0.3, -0.25) is 0 Å². The number of unbranched alkanes of at least 4 members (excludes halogenated alkanes) is 7. The van der Waals surface area contributed by atoms with Crippen molar-refractivity contribution in [3.63, 3.8) is 0 Å². The first-order valence-corrected chi connectivity index (χ1v) is 9.79. The van der Waals surface area contributed by atoms with Gasteiger partial charge in [0.15, 0.2) is 0 Å². The van der Waals surface area contributed by atoms with Gasteiger partial charge in [0, 0.05) is 0 Å². The van der Waals surface area contributed by atoms with E-state index in [2.05, 4.69) is 6.92 Å². The number of sulfonamides is 1. The Morgan fingerprint density at radius 1 is 0.957 bits per heavy atom. The fraction of sp³-hybridized carbons (Fsp3) is 0.588. The summed E-state index contributed by atoms with van der Waals surface area (Å²) in [5, 5.41) is 5.00. The van der Waals surface area contributed by atoms with E-state index in [0.29, 0.717) is 12.2 Å². The summed E-state index contributed by atoms with van der Waals surface area (Å²) in [7, 11) is -3.73. The molecule has 0 unspecified atom stereocenters. The van der Waals surface area contributed by atoms with Gasteiger partial charge in [-0.1, -0.05) is 51.9 Å². The summed E-state index contributed by atoms with van der Waals surface area (Å²) in [5.74, 6) is -0.436. The van der Waals surface area contributed by atoms with Crippen molar-refractivity contribution in [3.05, 3.63) is 29.8 Å². The van der Waals surface area contributed by atoms with Crippen LogP contribution in [0.4, 0.5) is 0 Å². The van der Waals surface area contributed by atoms with E-state index in [0.717, 1.165) is 12.8 Å². The minimum atomic E-state index is -3.73. The van der Waals surface area contributed by atoms with Crippen molar-refractivity contribution < 1.29 is 17.9 Å². The summed E-state index contributed by atoms with van der Waals surface area (Å²) in [4.78, 5) is 11.8. The number of ether oxygens (including phenoxy) is 1. The number of carbonyl (C=O) groups is 1. The van der Waals surface area contributed by atoms with E-state index in [1.54, 1.807) is 0 Å². The molecule has 0 amide bonds. The molecule has 0 radical (unpaired) electrons. The van der Waals surface area contributed by atoms with E-state index >= 15 is 0 Å². The molecule has 0 spiro atoms. The fourth-order valence-electron chi connectivity index (χ4n) is 2.26. The zero-order chi connectivity index (χ0) is 17.1. The molecule has 0 aliphatic carbocycles. The van der Waals surface area contributed by atoms with Crippen molar-refractivity contribution >= 4 is 16.0 Å². The molecule has 1 rings (SSSR count). The molecule has 0 fully saturated rings. The van der Waals surface area contributed by atoms with Crippen LogP contribution in [0.5, 0.6) is 0 Å². The van der Waals surface area contributed by atoms with Gasteiger partial charge in [-0.15, -0.1) is 0 Å². The van der Waals surface area contributed by atoms with E-state index < -0.39 is 16.0 Å². The molecule has 5 nitrogen and oxygen atoms in total.